The van der Waals surface area contributed by atoms with Crippen LogP contribution in [0.5, 0.6) is 17.2 Å². The van der Waals surface area contributed by atoms with Crippen molar-refractivity contribution in [1.82, 2.24) is 0 Å². The molecule has 0 aliphatic heterocycles. The molecule has 0 aliphatic rings. The molecule has 0 atom stereocenters. The van der Waals surface area contributed by atoms with Crippen molar-refractivity contribution in [3.8, 4) is 17.2 Å². The summed E-state index contributed by atoms with van der Waals surface area (Å²) in [4.78, 5) is 4.68. The molecule has 0 spiro atoms. The van der Waals surface area contributed by atoms with Crippen molar-refractivity contribution >= 4 is 6.21 Å². The van der Waals surface area contributed by atoms with E-state index in [1.54, 1.807) is 6.21 Å². The molecule has 150 valence electrons. The van der Waals surface area contributed by atoms with Crippen molar-refractivity contribution in [3.05, 3.63) is 65.2 Å². The van der Waals surface area contributed by atoms with Gasteiger partial charge in [-0.1, -0.05) is 29.4 Å². The van der Waals surface area contributed by atoms with E-state index in [4.69, 9.17) is 14.2 Å². The zero-order valence-electron chi connectivity index (χ0n) is 17.1. The molecule has 0 amide bonds. The minimum atomic E-state index is 0.466. The lowest BCUT2D eigenvalue weighted by Gasteiger charge is -2.15. The summed E-state index contributed by atoms with van der Waals surface area (Å²) >= 11 is 0. The molecular formula is C23H29NO4. The topological polar surface area (TPSA) is 49.3 Å². The molecule has 2 aromatic carbocycles. The Hall–Kier alpha value is -2.95. The first-order valence-electron chi connectivity index (χ1n) is 9.38. The van der Waals surface area contributed by atoms with Crippen LogP contribution in [0.2, 0.25) is 0 Å². The van der Waals surface area contributed by atoms with Crippen molar-refractivity contribution in [1.29, 1.82) is 0 Å². The molecule has 0 heterocycles. The summed E-state index contributed by atoms with van der Waals surface area (Å²) in [6.45, 7) is 7.53. The Kier molecular flexibility index (Phi) is 8.92. The average molecular weight is 383 g/mol. The van der Waals surface area contributed by atoms with E-state index in [0.29, 0.717) is 26.2 Å². The van der Waals surface area contributed by atoms with E-state index in [1.165, 1.54) is 7.11 Å². The van der Waals surface area contributed by atoms with Gasteiger partial charge in [0.15, 0.2) is 0 Å². The maximum Gasteiger partial charge on any atom is 0.125 e. The normalized spacial score (nSPS) is 11.1. The van der Waals surface area contributed by atoms with E-state index < -0.39 is 0 Å². The SMILES string of the molecule is C/C=C/COc1cc(C)c(OCCOc2cccc(CC=NOC)c2)c(C)c1. The van der Waals surface area contributed by atoms with Crippen LogP contribution in [0.15, 0.2) is 53.7 Å². The molecule has 0 N–H and O–H groups in total. The maximum atomic E-state index is 5.95. The van der Waals surface area contributed by atoms with Gasteiger partial charge in [-0.2, -0.15) is 0 Å². The fourth-order valence-corrected chi connectivity index (χ4v) is 2.74. The number of allylic oxidation sites excluding steroid dienone is 1. The van der Waals surface area contributed by atoms with Gasteiger partial charge < -0.3 is 19.0 Å². The van der Waals surface area contributed by atoms with E-state index in [2.05, 4.69) is 9.99 Å². The first kappa shape index (κ1) is 21.4. The third-order valence-corrected chi connectivity index (χ3v) is 4.02. The number of hydrogen-bond donors (Lipinski definition) is 0. The number of aryl methyl sites for hydroxylation is 2. The third kappa shape index (κ3) is 6.99. The molecular weight excluding hydrogens is 354 g/mol. The zero-order valence-corrected chi connectivity index (χ0v) is 17.1. The summed E-state index contributed by atoms with van der Waals surface area (Å²) in [7, 11) is 1.53. The Bertz CT molecular complexity index is 776. The van der Waals surface area contributed by atoms with Crippen molar-refractivity contribution in [2.24, 2.45) is 5.16 Å². The molecule has 2 rings (SSSR count). The quantitative estimate of drug-likeness (QED) is 0.240. The molecule has 28 heavy (non-hydrogen) atoms. The average Bonchev–Trinajstić information content (AvgIpc) is 2.68. The van der Waals surface area contributed by atoms with E-state index in [-0.39, 0.29) is 0 Å². The Balaban J connectivity index is 1.85. The molecule has 0 radical (unpaired) electrons. The predicted molar refractivity (Wildman–Crippen MR) is 113 cm³/mol. The highest BCUT2D eigenvalue weighted by Gasteiger charge is 2.07. The van der Waals surface area contributed by atoms with Crippen LogP contribution >= 0.6 is 0 Å². The van der Waals surface area contributed by atoms with E-state index in [9.17, 15) is 0 Å². The largest absolute Gasteiger partial charge is 0.490 e. The molecule has 0 fully saturated rings. The summed E-state index contributed by atoms with van der Waals surface area (Å²) < 4.78 is 17.5. The fraction of sp³-hybridized carbons (Fsp3) is 0.348. The van der Waals surface area contributed by atoms with Crippen LogP contribution in [0, 0.1) is 13.8 Å². The first-order chi connectivity index (χ1) is 13.6. The van der Waals surface area contributed by atoms with Gasteiger partial charge in [-0.15, -0.1) is 0 Å². The van der Waals surface area contributed by atoms with Gasteiger partial charge in [0.05, 0.1) is 0 Å². The minimum Gasteiger partial charge on any atom is -0.490 e. The zero-order chi connectivity index (χ0) is 20.2. The van der Waals surface area contributed by atoms with Gasteiger partial charge in [-0.3, -0.25) is 0 Å². The Morgan fingerprint density at radius 1 is 0.929 bits per heavy atom. The Labute approximate surface area is 167 Å². The summed E-state index contributed by atoms with van der Waals surface area (Å²) in [5, 5.41) is 3.75. The molecule has 0 bridgehead atoms. The lowest BCUT2D eigenvalue weighted by atomic mass is 10.1. The van der Waals surface area contributed by atoms with Gasteiger partial charge in [0.1, 0.15) is 44.2 Å². The van der Waals surface area contributed by atoms with Crippen molar-refractivity contribution < 1.29 is 19.0 Å². The second-order valence-corrected chi connectivity index (χ2v) is 6.29. The molecule has 0 unspecified atom stereocenters. The molecule has 0 aromatic heterocycles. The molecule has 0 aliphatic carbocycles. The standard InChI is InChI=1S/C23H29NO4/c1-5-6-12-26-22-15-18(2)23(19(3)16-22)28-14-13-27-21-9-7-8-20(17-21)10-11-24-25-4/h5-9,11,15-17H,10,12-14H2,1-4H3/b6-5+,24-11?. The van der Waals surface area contributed by atoms with Crippen molar-refractivity contribution in [3.63, 3.8) is 0 Å². The predicted octanol–water partition coefficient (Wildman–Crippen LogP) is 4.89. The number of nitrogens with zero attached hydrogens (tertiary/aromatic N) is 1. The summed E-state index contributed by atoms with van der Waals surface area (Å²) in [5.41, 5.74) is 3.21. The van der Waals surface area contributed by atoms with E-state index in [0.717, 1.165) is 33.9 Å². The van der Waals surface area contributed by atoms with Crippen LogP contribution in [0.1, 0.15) is 23.6 Å². The number of benzene rings is 2. The minimum absolute atomic E-state index is 0.466. The van der Waals surface area contributed by atoms with E-state index in [1.807, 2.05) is 69.3 Å². The van der Waals surface area contributed by atoms with Gasteiger partial charge in [-0.25, -0.2) is 0 Å². The highest BCUT2D eigenvalue weighted by molar-refractivity contribution is 5.61. The number of oxime groups is 1. The van der Waals surface area contributed by atoms with Crippen LogP contribution in [0.3, 0.4) is 0 Å². The second-order valence-electron chi connectivity index (χ2n) is 6.29. The molecule has 5 nitrogen and oxygen atoms in total. The number of ether oxygens (including phenoxy) is 3. The Morgan fingerprint density at radius 2 is 1.68 bits per heavy atom. The van der Waals surface area contributed by atoms with Crippen LogP contribution in [-0.4, -0.2) is 33.1 Å². The highest BCUT2D eigenvalue weighted by Crippen LogP contribution is 2.28. The van der Waals surface area contributed by atoms with Crippen LogP contribution in [0.4, 0.5) is 0 Å². The lowest BCUT2D eigenvalue weighted by Crippen LogP contribution is -2.10. The third-order valence-electron chi connectivity index (χ3n) is 4.02. The summed E-state index contributed by atoms with van der Waals surface area (Å²) in [5.74, 6) is 2.55. The summed E-state index contributed by atoms with van der Waals surface area (Å²) in [6, 6.07) is 11.9. The highest BCUT2D eigenvalue weighted by atomic mass is 16.6. The molecule has 0 saturated heterocycles. The number of hydrogen-bond acceptors (Lipinski definition) is 5. The van der Waals surface area contributed by atoms with Gasteiger partial charge in [0, 0.05) is 12.6 Å². The Morgan fingerprint density at radius 3 is 2.39 bits per heavy atom. The van der Waals surface area contributed by atoms with Crippen LogP contribution < -0.4 is 14.2 Å². The van der Waals surface area contributed by atoms with Gasteiger partial charge in [0.25, 0.3) is 0 Å². The first-order valence-corrected chi connectivity index (χ1v) is 9.38. The van der Waals surface area contributed by atoms with Crippen molar-refractivity contribution in [2.75, 3.05) is 26.9 Å². The van der Waals surface area contributed by atoms with Gasteiger partial charge in [0.2, 0.25) is 0 Å². The van der Waals surface area contributed by atoms with Crippen molar-refractivity contribution in [2.45, 2.75) is 27.2 Å². The van der Waals surface area contributed by atoms with E-state index >= 15 is 0 Å². The molecule has 5 heteroatoms. The molecule has 0 saturated carbocycles. The maximum absolute atomic E-state index is 5.95. The van der Waals surface area contributed by atoms with Gasteiger partial charge >= 0.3 is 0 Å². The number of rotatable bonds is 11. The van der Waals surface area contributed by atoms with Gasteiger partial charge in [-0.05, 0) is 61.7 Å². The molecule has 2 aromatic rings. The smallest absolute Gasteiger partial charge is 0.125 e. The van der Waals surface area contributed by atoms with Crippen LogP contribution in [-0.2, 0) is 11.3 Å². The summed E-state index contributed by atoms with van der Waals surface area (Å²) in [6.07, 6.45) is 6.37. The monoisotopic (exact) mass is 383 g/mol. The lowest BCUT2D eigenvalue weighted by molar-refractivity contribution is 0.214. The second kappa shape index (κ2) is 11.7. The van der Waals surface area contributed by atoms with Crippen LogP contribution in [0.25, 0.3) is 0 Å². The fourth-order valence-electron chi connectivity index (χ4n) is 2.74.